The summed E-state index contributed by atoms with van der Waals surface area (Å²) in [4.78, 5) is 10.2. The van der Waals surface area contributed by atoms with Crippen molar-refractivity contribution in [2.75, 3.05) is 0 Å². The fourth-order valence-electron chi connectivity index (χ4n) is 1.27. The number of carbonyl (C=O) groups is 1. The Morgan fingerprint density at radius 3 is 2.38 bits per heavy atom. The molecule has 2 N–H and O–H groups in total. The van der Waals surface area contributed by atoms with Gasteiger partial charge >= 0.3 is 11.9 Å². The second-order valence-corrected chi connectivity index (χ2v) is 3.47. The Balaban J connectivity index is 2.53. The van der Waals surface area contributed by atoms with Gasteiger partial charge < -0.3 is 10.2 Å². The third-order valence-electron chi connectivity index (χ3n) is 2.25. The van der Waals surface area contributed by atoms with Gasteiger partial charge in [-0.05, 0) is 18.4 Å². The summed E-state index contributed by atoms with van der Waals surface area (Å²) in [7, 11) is 0. The monoisotopic (exact) mass is 230 g/mol. The third kappa shape index (κ3) is 3.00. The highest BCUT2D eigenvalue weighted by Crippen LogP contribution is 2.22. The molecule has 0 aliphatic heterocycles. The van der Waals surface area contributed by atoms with Crippen LogP contribution in [0.5, 0.6) is 0 Å². The van der Waals surface area contributed by atoms with E-state index in [0.717, 1.165) is 5.56 Å². The van der Waals surface area contributed by atoms with Crippen LogP contribution in [0.3, 0.4) is 0 Å². The molecule has 0 aromatic heterocycles. The van der Waals surface area contributed by atoms with E-state index in [0.29, 0.717) is 0 Å². The molecule has 0 saturated carbocycles. The number of benzene rings is 1. The van der Waals surface area contributed by atoms with Crippen LogP contribution in [0.25, 0.3) is 0 Å². The van der Waals surface area contributed by atoms with Gasteiger partial charge in [0.2, 0.25) is 0 Å². The molecule has 88 valence electrons. The first kappa shape index (κ1) is 12.6. The molecule has 1 unspecified atom stereocenters. The largest absolute Gasteiger partial charge is 0.477 e. The van der Waals surface area contributed by atoms with Gasteiger partial charge in [0, 0.05) is 0 Å². The van der Waals surface area contributed by atoms with Gasteiger partial charge in [0.25, 0.3) is 0 Å². The number of aliphatic carboxylic acids is 1. The van der Waals surface area contributed by atoms with Crippen LogP contribution >= 0.6 is 0 Å². The minimum atomic E-state index is -4.09. The Morgan fingerprint density at radius 1 is 1.31 bits per heavy atom. The number of carboxylic acids is 1. The zero-order valence-corrected chi connectivity index (χ0v) is 8.44. The smallest absolute Gasteiger partial charge is 0.377 e. The van der Waals surface area contributed by atoms with Crippen molar-refractivity contribution in [2.24, 2.45) is 0 Å². The van der Waals surface area contributed by atoms with Gasteiger partial charge in [0.05, 0.1) is 0 Å². The molecule has 0 spiro atoms. The highest BCUT2D eigenvalue weighted by molar-refractivity contribution is 5.76. The maximum Gasteiger partial charge on any atom is 0.377 e. The van der Waals surface area contributed by atoms with Crippen LogP contribution in [0.4, 0.5) is 8.78 Å². The molecule has 3 nitrogen and oxygen atoms in total. The quantitative estimate of drug-likeness (QED) is 0.809. The summed E-state index contributed by atoms with van der Waals surface area (Å²) < 4.78 is 25.6. The minimum Gasteiger partial charge on any atom is -0.477 e. The standard InChI is InChI=1S/C11H12F2O3/c12-11(13,10(15)16)9(14)7-6-8-4-2-1-3-5-8/h1-5,9,14H,6-7H2,(H,15,16). The van der Waals surface area contributed by atoms with Crippen LogP contribution < -0.4 is 0 Å². The van der Waals surface area contributed by atoms with Crippen molar-refractivity contribution in [1.29, 1.82) is 0 Å². The lowest BCUT2D eigenvalue weighted by Crippen LogP contribution is -2.41. The summed E-state index contributed by atoms with van der Waals surface area (Å²) in [6.07, 6.45) is -2.24. The van der Waals surface area contributed by atoms with Crippen molar-refractivity contribution in [3.05, 3.63) is 35.9 Å². The van der Waals surface area contributed by atoms with E-state index in [2.05, 4.69) is 0 Å². The molecular formula is C11H12F2O3. The molecule has 0 heterocycles. The van der Waals surface area contributed by atoms with E-state index < -0.39 is 18.0 Å². The number of hydrogen-bond donors (Lipinski definition) is 2. The Morgan fingerprint density at radius 2 is 1.88 bits per heavy atom. The number of halogens is 2. The Hall–Kier alpha value is -1.49. The lowest BCUT2D eigenvalue weighted by molar-refractivity contribution is -0.182. The molecule has 16 heavy (non-hydrogen) atoms. The van der Waals surface area contributed by atoms with Gasteiger partial charge in [-0.1, -0.05) is 30.3 Å². The van der Waals surface area contributed by atoms with Crippen LogP contribution in [-0.4, -0.2) is 28.2 Å². The molecule has 1 aromatic carbocycles. The number of aliphatic hydroxyl groups excluding tert-OH is 1. The summed E-state index contributed by atoms with van der Waals surface area (Å²) >= 11 is 0. The molecule has 0 aliphatic rings. The summed E-state index contributed by atoms with van der Waals surface area (Å²) in [6, 6.07) is 8.73. The fraction of sp³-hybridized carbons (Fsp3) is 0.364. The van der Waals surface area contributed by atoms with Gasteiger partial charge in [0.1, 0.15) is 6.10 Å². The van der Waals surface area contributed by atoms with Crippen molar-refractivity contribution < 1.29 is 23.8 Å². The van der Waals surface area contributed by atoms with Crippen molar-refractivity contribution in [3.63, 3.8) is 0 Å². The Bertz CT molecular complexity index is 352. The fourth-order valence-corrected chi connectivity index (χ4v) is 1.27. The van der Waals surface area contributed by atoms with E-state index in [4.69, 9.17) is 10.2 Å². The molecule has 1 atom stereocenters. The van der Waals surface area contributed by atoms with E-state index in [-0.39, 0.29) is 12.8 Å². The number of carboxylic acid groups (broad SMARTS) is 1. The molecule has 1 aromatic rings. The topological polar surface area (TPSA) is 57.5 Å². The summed E-state index contributed by atoms with van der Waals surface area (Å²) in [6.45, 7) is 0. The van der Waals surface area contributed by atoms with Crippen molar-refractivity contribution in [2.45, 2.75) is 24.9 Å². The number of hydrogen-bond acceptors (Lipinski definition) is 2. The first-order valence-electron chi connectivity index (χ1n) is 4.78. The Labute approximate surface area is 91.3 Å². The van der Waals surface area contributed by atoms with Crippen LogP contribution in [0.15, 0.2) is 30.3 Å². The molecule has 0 radical (unpaired) electrons. The first-order chi connectivity index (χ1) is 7.44. The molecule has 0 saturated heterocycles. The predicted molar refractivity (Wildman–Crippen MR) is 53.4 cm³/mol. The molecule has 1 rings (SSSR count). The van der Waals surface area contributed by atoms with E-state index in [9.17, 15) is 13.6 Å². The lowest BCUT2D eigenvalue weighted by atomic mass is 10.0. The van der Waals surface area contributed by atoms with Crippen molar-refractivity contribution >= 4 is 5.97 Å². The number of rotatable bonds is 5. The lowest BCUT2D eigenvalue weighted by Gasteiger charge is -2.17. The maximum atomic E-state index is 12.8. The van der Waals surface area contributed by atoms with E-state index in [1.807, 2.05) is 0 Å². The second kappa shape index (κ2) is 5.03. The molecule has 0 aliphatic carbocycles. The second-order valence-electron chi connectivity index (χ2n) is 3.47. The predicted octanol–water partition coefficient (Wildman–Crippen LogP) is 1.70. The maximum absolute atomic E-state index is 12.8. The van der Waals surface area contributed by atoms with Crippen LogP contribution in [-0.2, 0) is 11.2 Å². The van der Waals surface area contributed by atoms with Gasteiger partial charge in [-0.3, -0.25) is 0 Å². The zero-order valence-electron chi connectivity index (χ0n) is 8.44. The highest BCUT2D eigenvalue weighted by atomic mass is 19.3. The van der Waals surface area contributed by atoms with Crippen molar-refractivity contribution in [1.82, 2.24) is 0 Å². The first-order valence-corrected chi connectivity index (χ1v) is 4.78. The number of aliphatic hydroxyl groups is 1. The summed E-state index contributed by atoms with van der Waals surface area (Å²) in [5.41, 5.74) is 0.780. The van der Waals surface area contributed by atoms with Crippen LogP contribution in [0.2, 0.25) is 0 Å². The average molecular weight is 230 g/mol. The Kier molecular flexibility index (Phi) is 3.95. The average Bonchev–Trinajstić information content (AvgIpc) is 2.27. The zero-order chi connectivity index (χ0) is 12.2. The minimum absolute atomic E-state index is 0.213. The molecular weight excluding hydrogens is 218 g/mol. The van der Waals surface area contributed by atoms with E-state index in [1.165, 1.54) is 0 Å². The van der Waals surface area contributed by atoms with E-state index in [1.54, 1.807) is 30.3 Å². The van der Waals surface area contributed by atoms with Crippen LogP contribution in [0, 0.1) is 0 Å². The van der Waals surface area contributed by atoms with Crippen LogP contribution in [0.1, 0.15) is 12.0 Å². The normalized spacial score (nSPS) is 13.4. The summed E-state index contributed by atoms with van der Waals surface area (Å²) in [5, 5.41) is 17.3. The van der Waals surface area contributed by atoms with Gasteiger partial charge in [-0.2, -0.15) is 8.78 Å². The van der Waals surface area contributed by atoms with Gasteiger partial charge in [-0.15, -0.1) is 0 Å². The molecule has 0 amide bonds. The van der Waals surface area contributed by atoms with Crippen molar-refractivity contribution in [3.8, 4) is 0 Å². The number of aryl methyl sites for hydroxylation is 1. The SMILES string of the molecule is O=C(O)C(F)(F)C(O)CCc1ccccc1. The molecule has 0 fully saturated rings. The van der Waals surface area contributed by atoms with Gasteiger partial charge in [0.15, 0.2) is 0 Å². The molecule has 5 heteroatoms. The highest BCUT2D eigenvalue weighted by Gasteiger charge is 2.46. The van der Waals surface area contributed by atoms with Gasteiger partial charge in [-0.25, -0.2) is 4.79 Å². The molecule has 0 bridgehead atoms. The third-order valence-corrected chi connectivity index (χ3v) is 2.25. The summed E-state index contributed by atoms with van der Waals surface area (Å²) in [5.74, 6) is -6.39. The number of alkyl halides is 2. The van der Waals surface area contributed by atoms with E-state index >= 15 is 0 Å².